The molecule has 5 aromatic carbocycles. The van der Waals surface area contributed by atoms with Crippen LogP contribution in [-0.2, 0) is 135 Å². The number of methoxy groups -OCH3 is 3. The quantitative estimate of drug-likeness (QED) is 0.0440. The third kappa shape index (κ3) is 67.3. The van der Waals surface area contributed by atoms with Crippen LogP contribution in [-0.4, -0.2) is 221 Å². The highest BCUT2D eigenvalue weighted by atomic mass is 32.2. The maximum Gasteiger partial charge on any atom is 0.523 e. The summed E-state index contributed by atoms with van der Waals surface area (Å²) in [6, 6.07) is 37.1. The molecule has 5 aromatic rings. The molecule has 30 nitrogen and oxygen atoms in total. The van der Waals surface area contributed by atoms with E-state index in [1.165, 1.54) is 130 Å². The van der Waals surface area contributed by atoms with Crippen LogP contribution >= 0.6 is 0 Å². The van der Waals surface area contributed by atoms with Gasteiger partial charge in [0.05, 0.1) is 93.2 Å². The lowest BCUT2D eigenvalue weighted by molar-refractivity contribution is -0.146. The summed E-state index contributed by atoms with van der Waals surface area (Å²) in [4.78, 5) is 42.9. The molecule has 670 valence electrons. The molecule has 0 aromatic heterocycles. The summed E-state index contributed by atoms with van der Waals surface area (Å²) in [6.07, 6.45) is 27.3. The highest BCUT2D eigenvalue weighted by Gasteiger charge is 2.46. The number of hydrogen-bond acceptors (Lipinski definition) is 29. The van der Waals surface area contributed by atoms with Crippen molar-refractivity contribution in [2.45, 2.75) is 175 Å². The Bertz CT molecular complexity index is 4660. The van der Waals surface area contributed by atoms with Crippen LogP contribution in [0.25, 0.3) is 10.8 Å². The van der Waals surface area contributed by atoms with E-state index >= 15 is 0 Å². The second-order valence-corrected chi connectivity index (χ2v) is 43.5. The van der Waals surface area contributed by atoms with Gasteiger partial charge in [0.2, 0.25) is 5.91 Å². The topological polar surface area (TPSA) is 452 Å². The third-order valence-electron chi connectivity index (χ3n) is 14.9. The minimum atomic E-state index is -5.34. The Morgan fingerprint density at radius 1 is 0.457 bits per heavy atom. The Morgan fingerprint density at radius 2 is 0.853 bits per heavy atom. The average molecular weight is 1830 g/mol. The number of fused-ring (bicyclic) bond motifs is 1. The molecular weight excluding hydrogens is 1710 g/mol. The van der Waals surface area contributed by atoms with Gasteiger partial charge in [-0.15, -0.1) is 0 Å². The van der Waals surface area contributed by atoms with Gasteiger partial charge in [0.25, 0.3) is 30.4 Å². The normalized spacial score (nSPS) is 13.8. The number of halogens is 3. The monoisotopic (exact) mass is 1830 g/mol. The van der Waals surface area contributed by atoms with Gasteiger partial charge in [0.15, 0.2) is 19.7 Å². The number of aryl methyl sites for hydroxylation is 1. The number of sulfone groups is 5. The molecule has 116 heavy (non-hydrogen) atoms. The Hall–Kier alpha value is -6.58. The molecule has 0 aliphatic heterocycles. The summed E-state index contributed by atoms with van der Waals surface area (Å²) in [5, 5.41) is 4.93. The number of rotatable bonds is 15. The van der Waals surface area contributed by atoms with E-state index in [0.717, 1.165) is 108 Å². The molecule has 8 rings (SSSR count). The van der Waals surface area contributed by atoms with Gasteiger partial charge in [-0.2, -0.15) is 46.8 Å². The zero-order valence-electron chi connectivity index (χ0n) is 69.4. The molecule has 0 unspecified atom stereocenters. The molecule has 42 heteroatoms. The van der Waals surface area contributed by atoms with Crippen molar-refractivity contribution in [1.82, 2.24) is 5.32 Å². The molecule has 3 fully saturated rings. The number of ether oxygens (including phenoxy) is 3. The van der Waals surface area contributed by atoms with Crippen LogP contribution in [0.4, 0.5) is 13.2 Å². The number of alkyl halides is 3. The van der Waals surface area contributed by atoms with E-state index in [9.17, 15) is 108 Å². The fourth-order valence-corrected chi connectivity index (χ4v) is 13.1. The smallest absolute Gasteiger partial charge is 0.469 e. The molecule has 0 saturated heterocycles. The van der Waals surface area contributed by atoms with Crippen LogP contribution in [0.1, 0.15) is 153 Å². The fourth-order valence-electron chi connectivity index (χ4n) is 8.71. The van der Waals surface area contributed by atoms with Crippen LogP contribution in [0.3, 0.4) is 0 Å². The van der Waals surface area contributed by atoms with Gasteiger partial charge in [-0.1, -0.05) is 156 Å². The second kappa shape index (κ2) is 60.8. The van der Waals surface area contributed by atoms with Gasteiger partial charge >= 0.3 is 33.5 Å². The number of unbranched alkanes of at least 4 members (excludes halogenated alkanes) is 1. The second-order valence-electron chi connectivity index (χ2n) is 25.4. The van der Waals surface area contributed by atoms with Crippen LogP contribution in [0.2, 0.25) is 0 Å². The Balaban J connectivity index is -0.000000387. The standard InChI is InChI=1S/C11H10O2S.C8H15NO.C8H10O3S.C8H14O2.C8H8O2.C7H14O2S.C7H8O2S.C5H12O2S.C3H8O3S.C3H6O2.C2H3F3O3S.C2H6O3S.C2H6O2S/c1-14(12,13)11-7-6-9-4-2-3-5-10(9)8-11;1-7(10)9-8-5-3-2-4-6-8;1-7-3-5-8(6-4-7)12(9,10)11-2;2*1-10-8(9)7-5-3-2-4-6-7;2*1-10(8,9)7-5-3-2-4-6-7;1-3-4-5-8(2,6)7;1-3-7(4,5)6-2;1-3(4)5-2;1-8-9(6,7)2(3,4)5;1-5-6(2,3)4;1-5(2,3)4/h2-8H,1H3;8H,2-6H2,1H3,(H,9,10);3-6H,1-2H3;7H,2-6H2,1H3;2-6H,1H3;7H,2-6H2,1H3;2-6H,1H3;3-5H2,1-2H3;3H2,1-2H3;1-2H3;1H3;1-2H3;1-2H3. The molecule has 3 aliphatic rings. The van der Waals surface area contributed by atoms with Gasteiger partial charge in [-0.25, -0.2) is 46.9 Å². The highest BCUT2D eigenvalue weighted by Crippen LogP contribution is 2.26. The summed E-state index contributed by atoms with van der Waals surface area (Å²) < 4.78 is 250. The van der Waals surface area contributed by atoms with Gasteiger partial charge < -0.3 is 19.5 Å². The third-order valence-corrected chi connectivity index (χ3v) is 24.0. The number of nitrogens with one attached hydrogen (secondary N) is 1. The van der Waals surface area contributed by atoms with Gasteiger partial charge in [0, 0.05) is 63.2 Å². The number of benzene rings is 5. The predicted octanol–water partition coefficient (Wildman–Crippen LogP) is 11.4. The van der Waals surface area contributed by atoms with Crippen LogP contribution in [0.5, 0.6) is 0 Å². The maximum absolute atomic E-state index is 11.3. The molecule has 0 spiro atoms. The first kappa shape index (κ1) is 118. The van der Waals surface area contributed by atoms with Gasteiger partial charge in [-0.3, -0.25) is 31.1 Å². The van der Waals surface area contributed by atoms with Crippen molar-refractivity contribution in [3.05, 3.63) is 139 Å². The molecule has 0 atom stereocenters. The van der Waals surface area contributed by atoms with E-state index in [1.54, 1.807) is 85.8 Å². The van der Waals surface area contributed by atoms with Crippen molar-refractivity contribution in [3.8, 4) is 0 Å². The van der Waals surface area contributed by atoms with Crippen LogP contribution in [0, 0.1) is 12.8 Å². The summed E-state index contributed by atoms with van der Waals surface area (Å²) >= 11 is 0. The number of esters is 3. The summed E-state index contributed by atoms with van der Waals surface area (Å²) in [5.74, 6) is 0.156. The predicted molar refractivity (Wildman–Crippen MR) is 444 cm³/mol. The Labute approximate surface area is 688 Å². The molecular formula is C74H120F3NO29S9. The number of carbonyl (C=O) groups excluding carboxylic acids is 4. The highest BCUT2D eigenvalue weighted by molar-refractivity contribution is 7.92. The first-order valence-corrected chi connectivity index (χ1v) is 51.7. The number of amides is 1. The summed E-state index contributed by atoms with van der Waals surface area (Å²) in [7, 11) is -21.3. The maximum atomic E-state index is 11.3. The van der Waals surface area contributed by atoms with E-state index in [4.69, 9.17) is 0 Å². The number of carbonyl (C=O) groups is 4. The van der Waals surface area contributed by atoms with E-state index in [2.05, 4.69) is 36.3 Å². The lowest BCUT2D eigenvalue weighted by Crippen LogP contribution is -2.34. The molecule has 3 saturated carbocycles. The van der Waals surface area contributed by atoms with Crippen LogP contribution in [0.15, 0.2) is 142 Å². The van der Waals surface area contributed by atoms with Crippen molar-refractivity contribution >= 4 is 124 Å². The van der Waals surface area contributed by atoms with Crippen LogP contribution < -0.4 is 5.32 Å². The summed E-state index contributed by atoms with van der Waals surface area (Å²) in [5.41, 5.74) is -3.70. The summed E-state index contributed by atoms with van der Waals surface area (Å²) in [6.45, 7) is 8.35. The zero-order chi connectivity index (χ0) is 91.0. The van der Waals surface area contributed by atoms with E-state index in [1.807, 2.05) is 50.2 Å². The minimum Gasteiger partial charge on any atom is -0.469 e. The molecule has 0 radical (unpaired) electrons. The first-order chi connectivity index (χ1) is 53.1. The van der Waals surface area contributed by atoms with Crippen molar-refractivity contribution in [1.29, 1.82) is 0 Å². The average Bonchev–Trinajstić information content (AvgIpc) is 0.837. The molecule has 1 N–H and O–H groups in total. The zero-order valence-corrected chi connectivity index (χ0v) is 76.8. The molecule has 1 amide bonds. The van der Waals surface area contributed by atoms with Gasteiger partial charge in [0.1, 0.15) is 29.5 Å². The fraction of sp³-hybridized carbons (Fsp3) is 0.568. The minimum absolute atomic E-state index is 0.0142. The lowest BCUT2D eigenvalue weighted by Gasteiger charge is -2.21. The first-order valence-electron chi connectivity index (χ1n) is 35.4. The van der Waals surface area contributed by atoms with Crippen molar-refractivity contribution < 1.29 is 139 Å². The molecule has 3 aliphatic carbocycles. The number of hydrogen-bond donors (Lipinski definition) is 1. The lowest BCUT2D eigenvalue weighted by atomic mass is 9.89. The Morgan fingerprint density at radius 3 is 1.14 bits per heavy atom. The van der Waals surface area contributed by atoms with Crippen molar-refractivity contribution in [2.24, 2.45) is 5.92 Å². The largest absolute Gasteiger partial charge is 0.523 e. The Kier molecular flexibility index (Phi) is 61.9. The molecule has 0 heterocycles. The van der Waals surface area contributed by atoms with Crippen molar-refractivity contribution in [3.63, 3.8) is 0 Å². The van der Waals surface area contributed by atoms with E-state index < -0.39 is 95.2 Å². The van der Waals surface area contributed by atoms with Crippen molar-refractivity contribution in [2.75, 3.05) is 105 Å². The molecule has 0 bridgehead atoms. The van der Waals surface area contributed by atoms with E-state index in [-0.39, 0.29) is 45.6 Å². The SMILES string of the molecule is CC(=O)NC1CCCCC1.CCCCS(C)(=O)=O.CCS(=O)(=O)OC.COC(=O)C1CCCCC1.COC(=O)c1ccccc1.COC(C)=O.COS(=O)(=O)C(F)(F)F.COS(=O)(=O)c1ccc(C)cc1.COS(C)(=O)=O.CS(=O)(=O)C1CCCCC1.CS(=O)(=O)c1ccc2ccccc2c1.CS(=O)(=O)c1ccccc1.CS(C)(=O)=O. The van der Waals surface area contributed by atoms with E-state index in [0.29, 0.717) is 34.3 Å². The van der Waals surface area contributed by atoms with Gasteiger partial charge in [-0.05, 0) is 118 Å².